The number of carbonyl (C=O) groups is 1. The Bertz CT molecular complexity index is 1310. The number of amides is 1. The van der Waals surface area contributed by atoms with E-state index in [1.54, 1.807) is 36.7 Å². The van der Waals surface area contributed by atoms with E-state index in [2.05, 4.69) is 36.2 Å². The lowest BCUT2D eigenvalue weighted by atomic mass is 9.95. The lowest BCUT2D eigenvalue weighted by Crippen LogP contribution is -2.45. The van der Waals surface area contributed by atoms with Crippen LogP contribution in [0.15, 0.2) is 77.5 Å². The van der Waals surface area contributed by atoms with Crippen LogP contribution >= 0.6 is 27.5 Å². The number of rotatable bonds is 6. The molecule has 8 heteroatoms. The molecule has 0 atom stereocenters. The second kappa shape index (κ2) is 9.99. The summed E-state index contributed by atoms with van der Waals surface area (Å²) in [6.07, 6.45) is 3.81. The van der Waals surface area contributed by atoms with E-state index < -0.39 is 11.4 Å². The maximum Gasteiger partial charge on any atom is 0.289 e. The van der Waals surface area contributed by atoms with Crippen LogP contribution in [0.2, 0.25) is 5.02 Å². The van der Waals surface area contributed by atoms with Crippen LogP contribution < -0.4 is 5.32 Å². The highest BCUT2D eigenvalue weighted by Gasteiger charge is 2.24. The van der Waals surface area contributed by atoms with E-state index in [1.165, 1.54) is 12.1 Å². The first-order valence-corrected chi connectivity index (χ1v) is 11.7. The molecule has 0 unspecified atom stereocenters. The van der Waals surface area contributed by atoms with Crippen LogP contribution in [0.1, 0.15) is 30.0 Å². The minimum absolute atomic E-state index is 0.0320. The number of hydrogen-bond donors (Lipinski definition) is 1. The predicted octanol–water partition coefficient (Wildman–Crippen LogP) is 6.51. The fraction of sp³-hybridized carbons (Fsp3) is 0.154. The predicted molar refractivity (Wildman–Crippen MR) is 135 cm³/mol. The molecule has 34 heavy (non-hydrogen) atoms. The number of nitrogens with one attached hydrogen (secondary N) is 1. The van der Waals surface area contributed by atoms with Crippen molar-refractivity contribution >= 4 is 33.4 Å². The van der Waals surface area contributed by atoms with Gasteiger partial charge < -0.3 is 5.32 Å². The SMILES string of the molecule is CC(C)(Cc1ccc(F)cc1)NC(=O)c1ncc(-c2ccc(Cl)cc2)c(-c2ccc(Br)cn2)n1. The summed E-state index contributed by atoms with van der Waals surface area (Å²) in [6, 6.07) is 17.2. The smallest absolute Gasteiger partial charge is 0.289 e. The molecule has 5 nitrogen and oxygen atoms in total. The van der Waals surface area contributed by atoms with E-state index in [1.807, 2.05) is 38.1 Å². The van der Waals surface area contributed by atoms with E-state index in [0.29, 0.717) is 22.8 Å². The van der Waals surface area contributed by atoms with Crippen molar-refractivity contribution in [2.24, 2.45) is 0 Å². The lowest BCUT2D eigenvalue weighted by molar-refractivity contribution is 0.0902. The van der Waals surface area contributed by atoms with Crippen molar-refractivity contribution < 1.29 is 9.18 Å². The molecule has 0 aliphatic heterocycles. The Morgan fingerprint density at radius 2 is 1.71 bits per heavy atom. The summed E-state index contributed by atoms with van der Waals surface area (Å²) in [5.74, 6) is -0.674. The van der Waals surface area contributed by atoms with E-state index in [0.717, 1.165) is 21.2 Å². The molecule has 0 spiro atoms. The number of aromatic nitrogens is 3. The van der Waals surface area contributed by atoms with Crippen molar-refractivity contribution in [3.63, 3.8) is 0 Å². The number of nitrogens with zero attached hydrogens (tertiary/aromatic N) is 3. The Hall–Kier alpha value is -3.16. The Morgan fingerprint density at radius 3 is 2.35 bits per heavy atom. The van der Waals surface area contributed by atoms with Gasteiger partial charge in [0, 0.05) is 33.0 Å². The highest BCUT2D eigenvalue weighted by Crippen LogP contribution is 2.30. The van der Waals surface area contributed by atoms with Crippen LogP contribution in [0.25, 0.3) is 22.5 Å². The van der Waals surface area contributed by atoms with Gasteiger partial charge in [-0.05, 0) is 83.7 Å². The molecule has 0 radical (unpaired) electrons. The van der Waals surface area contributed by atoms with Gasteiger partial charge >= 0.3 is 0 Å². The van der Waals surface area contributed by atoms with Crippen molar-refractivity contribution in [3.8, 4) is 22.5 Å². The van der Waals surface area contributed by atoms with Crippen molar-refractivity contribution in [2.75, 3.05) is 0 Å². The molecular formula is C26H21BrClFN4O. The third-order valence-electron chi connectivity index (χ3n) is 5.13. The lowest BCUT2D eigenvalue weighted by Gasteiger charge is -2.26. The Morgan fingerprint density at radius 1 is 1.00 bits per heavy atom. The first-order chi connectivity index (χ1) is 16.2. The van der Waals surface area contributed by atoms with Gasteiger partial charge in [-0.3, -0.25) is 9.78 Å². The second-order valence-corrected chi connectivity index (χ2v) is 9.82. The summed E-state index contributed by atoms with van der Waals surface area (Å²) in [7, 11) is 0. The van der Waals surface area contributed by atoms with Crippen LogP contribution in [0.3, 0.4) is 0 Å². The van der Waals surface area contributed by atoms with Crippen molar-refractivity contribution in [1.82, 2.24) is 20.3 Å². The third-order valence-corrected chi connectivity index (χ3v) is 5.85. The van der Waals surface area contributed by atoms with Crippen LogP contribution in [-0.2, 0) is 6.42 Å². The van der Waals surface area contributed by atoms with E-state index in [9.17, 15) is 9.18 Å². The van der Waals surface area contributed by atoms with Gasteiger partial charge in [0.2, 0.25) is 5.82 Å². The summed E-state index contributed by atoms with van der Waals surface area (Å²) in [6.45, 7) is 3.79. The molecule has 2 aromatic heterocycles. The zero-order valence-corrected chi connectivity index (χ0v) is 20.9. The largest absolute Gasteiger partial charge is 0.344 e. The van der Waals surface area contributed by atoms with E-state index >= 15 is 0 Å². The van der Waals surface area contributed by atoms with Gasteiger partial charge in [0.1, 0.15) is 11.5 Å². The molecule has 0 saturated heterocycles. The Balaban J connectivity index is 1.65. The van der Waals surface area contributed by atoms with Gasteiger partial charge in [0.25, 0.3) is 5.91 Å². The molecule has 0 aliphatic rings. The van der Waals surface area contributed by atoms with E-state index in [4.69, 9.17) is 11.6 Å². The van der Waals surface area contributed by atoms with E-state index in [-0.39, 0.29) is 11.6 Å². The maximum absolute atomic E-state index is 13.2. The molecule has 0 bridgehead atoms. The van der Waals surface area contributed by atoms with Gasteiger partial charge in [-0.15, -0.1) is 0 Å². The molecule has 4 aromatic rings. The van der Waals surface area contributed by atoms with Crippen LogP contribution in [0, 0.1) is 5.82 Å². The number of carbonyl (C=O) groups excluding carboxylic acids is 1. The molecule has 4 rings (SSSR count). The highest BCUT2D eigenvalue weighted by molar-refractivity contribution is 9.10. The number of benzene rings is 2. The zero-order chi connectivity index (χ0) is 24.3. The summed E-state index contributed by atoms with van der Waals surface area (Å²) in [4.78, 5) is 26.5. The molecule has 1 N–H and O–H groups in total. The fourth-order valence-electron chi connectivity index (χ4n) is 3.56. The van der Waals surface area contributed by atoms with Gasteiger partial charge in [0.05, 0.1) is 5.69 Å². The normalized spacial score (nSPS) is 11.3. The highest BCUT2D eigenvalue weighted by atomic mass is 79.9. The third kappa shape index (κ3) is 5.85. The minimum atomic E-state index is -0.608. The molecular weight excluding hydrogens is 519 g/mol. The molecule has 0 aliphatic carbocycles. The van der Waals surface area contributed by atoms with Crippen molar-refractivity contribution in [1.29, 1.82) is 0 Å². The van der Waals surface area contributed by atoms with Crippen LogP contribution in [-0.4, -0.2) is 26.4 Å². The molecule has 2 heterocycles. The second-order valence-electron chi connectivity index (χ2n) is 8.47. The van der Waals surface area contributed by atoms with Crippen LogP contribution in [0.5, 0.6) is 0 Å². The summed E-state index contributed by atoms with van der Waals surface area (Å²) in [5.41, 5.74) is 3.02. The van der Waals surface area contributed by atoms with Gasteiger partial charge in [-0.2, -0.15) is 0 Å². The number of hydrogen-bond acceptors (Lipinski definition) is 4. The maximum atomic E-state index is 13.2. The van der Waals surface area contributed by atoms with Gasteiger partial charge in [-0.25, -0.2) is 14.4 Å². The number of halogens is 3. The molecule has 0 saturated carbocycles. The van der Waals surface area contributed by atoms with Crippen molar-refractivity contribution in [3.05, 3.63) is 99.8 Å². The average Bonchev–Trinajstić information content (AvgIpc) is 2.81. The standard InChI is InChI=1S/C26H21BrClFN4O/c1-26(2,13-16-3-10-20(29)11-4-16)33-25(34)24-31-15-21(17-5-8-19(28)9-6-17)23(32-24)22-12-7-18(27)14-30-22/h3-12,14-15H,13H2,1-2H3,(H,33,34). The van der Waals surface area contributed by atoms with Crippen LogP contribution in [0.4, 0.5) is 4.39 Å². The summed E-state index contributed by atoms with van der Waals surface area (Å²) < 4.78 is 14.1. The van der Waals surface area contributed by atoms with Crippen molar-refractivity contribution in [2.45, 2.75) is 25.8 Å². The average molecular weight is 540 g/mol. The fourth-order valence-corrected chi connectivity index (χ4v) is 3.92. The number of pyridine rings is 1. The quantitative estimate of drug-likeness (QED) is 0.303. The van der Waals surface area contributed by atoms with Gasteiger partial charge in [-0.1, -0.05) is 35.9 Å². The Kier molecular flexibility index (Phi) is 7.05. The minimum Gasteiger partial charge on any atom is -0.344 e. The summed E-state index contributed by atoms with van der Waals surface area (Å²) >= 11 is 9.44. The zero-order valence-electron chi connectivity index (χ0n) is 18.5. The molecule has 172 valence electrons. The van der Waals surface area contributed by atoms with Gasteiger partial charge in [0.15, 0.2) is 0 Å². The first-order valence-electron chi connectivity index (χ1n) is 10.5. The monoisotopic (exact) mass is 538 g/mol. The summed E-state index contributed by atoms with van der Waals surface area (Å²) in [5, 5.41) is 3.61. The molecule has 1 amide bonds. The topological polar surface area (TPSA) is 67.8 Å². The molecule has 2 aromatic carbocycles. The Labute approximate surface area is 210 Å². The first kappa shape index (κ1) is 24.0. The molecule has 0 fully saturated rings.